The van der Waals surface area contributed by atoms with E-state index in [0.717, 1.165) is 24.2 Å². The first-order valence-electron chi connectivity index (χ1n) is 7.84. The van der Waals surface area contributed by atoms with E-state index < -0.39 is 12.0 Å². The van der Waals surface area contributed by atoms with Crippen molar-refractivity contribution in [1.82, 2.24) is 14.7 Å². The summed E-state index contributed by atoms with van der Waals surface area (Å²) in [6.45, 7) is 3.79. The summed E-state index contributed by atoms with van der Waals surface area (Å²) >= 11 is 0. The van der Waals surface area contributed by atoms with Crippen LogP contribution in [0.5, 0.6) is 0 Å². The first kappa shape index (κ1) is 15.7. The monoisotopic (exact) mass is 317 g/mol. The lowest BCUT2D eigenvalue weighted by Gasteiger charge is -2.34. The number of nitrogens with zero attached hydrogens (tertiary/aromatic N) is 3. The summed E-state index contributed by atoms with van der Waals surface area (Å²) in [4.78, 5) is 13.4. The lowest BCUT2D eigenvalue weighted by Crippen LogP contribution is -2.45. The van der Waals surface area contributed by atoms with Crippen molar-refractivity contribution in [3.8, 4) is 0 Å². The van der Waals surface area contributed by atoms with Gasteiger partial charge in [-0.2, -0.15) is 5.10 Å². The van der Waals surface area contributed by atoms with Crippen LogP contribution < -0.4 is 0 Å². The van der Waals surface area contributed by atoms with Crippen molar-refractivity contribution in [2.24, 2.45) is 0 Å². The maximum absolute atomic E-state index is 13.9. The van der Waals surface area contributed by atoms with Gasteiger partial charge in [0.1, 0.15) is 11.9 Å². The van der Waals surface area contributed by atoms with Gasteiger partial charge in [-0.3, -0.25) is 14.4 Å². The number of carboxylic acid groups (broad SMARTS) is 1. The lowest BCUT2D eigenvalue weighted by atomic mass is 9.93. The molecule has 6 heteroatoms. The van der Waals surface area contributed by atoms with Gasteiger partial charge in [-0.15, -0.1) is 0 Å². The van der Waals surface area contributed by atoms with Crippen LogP contribution in [0.3, 0.4) is 0 Å². The van der Waals surface area contributed by atoms with Crippen LogP contribution in [0.1, 0.15) is 30.2 Å². The first-order valence-corrected chi connectivity index (χ1v) is 7.84. The smallest absolute Gasteiger partial charge is 0.321 e. The second-order valence-electron chi connectivity index (χ2n) is 5.91. The second-order valence-corrected chi connectivity index (χ2v) is 5.91. The summed E-state index contributed by atoms with van der Waals surface area (Å²) in [7, 11) is 0. The first-order chi connectivity index (χ1) is 11.1. The Balaban J connectivity index is 1.83. The number of rotatable bonds is 5. The van der Waals surface area contributed by atoms with E-state index in [4.69, 9.17) is 0 Å². The van der Waals surface area contributed by atoms with Crippen LogP contribution in [0, 0.1) is 5.82 Å². The molecule has 0 amide bonds. The van der Waals surface area contributed by atoms with Crippen LogP contribution >= 0.6 is 0 Å². The molecule has 0 aliphatic carbocycles. The van der Waals surface area contributed by atoms with E-state index >= 15 is 0 Å². The molecule has 1 atom stereocenters. The van der Waals surface area contributed by atoms with E-state index in [1.54, 1.807) is 6.07 Å². The molecule has 0 fully saturated rings. The molecule has 2 heterocycles. The Bertz CT molecular complexity index is 714. The fraction of sp³-hybridized carbons (Fsp3) is 0.412. The third-order valence-corrected chi connectivity index (χ3v) is 4.23. The Kier molecular flexibility index (Phi) is 4.43. The number of hydrogen-bond donors (Lipinski definition) is 1. The number of aromatic nitrogens is 2. The maximum atomic E-state index is 13.9. The van der Waals surface area contributed by atoms with Crippen LogP contribution in [-0.2, 0) is 30.8 Å². The normalized spacial score (nSPS) is 17.9. The van der Waals surface area contributed by atoms with Gasteiger partial charge in [-0.1, -0.05) is 19.1 Å². The Morgan fingerprint density at radius 3 is 3.00 bits per heavy atom. The van der Waals surface area contributed by atoms with Crippen molar-refractivity contribution in [2.45, 2.75) is 45.4 Å². The molecule has 0 bridgehead atoms. The average Bonchev–Trinajstić information content (AvgIpc) is 2.94. The molecule has 5 nitrogen and oxygen atoms in total. The van der Waals surface area contributed by atoms with Gasteiger partial charge >= 0.3 is 5.97 Å². The minimum absolute atomic E-state index is 0.188. The van der Waals surface area contributed by atoms with Crippen molar-refractivity contribution >= 4 is 5.97 Å². The van der Waals surface area contributed by atoms with E-state index in [1.165, 1.54) is 6.07 Å². The molecule has 1 N–H and O–H groups in total. The SMILES string of the molecule is CCCn1ccc(CN2Cc3cccc(F)c3CC2C(=O)O)n1. The molecule has 1 aliphatic heterocycles. The molecule has 1 unspecified atom stereocenters. The molecule has 2 aromatic rings. The molecule has 1 aromatic carbocycles. The van der Waals surface area contributed by atoms with Crippen molar-refractivity contribution < 1.29 is 14.3 Å². The van der Waals surface area contributed by atoms with Crippen LogP contribution in [0.15, 0.2) is 30.5 Å². The van der Waals surface area contributed by atoms with Crippen molar-refractivity contribution in [2.75, 3.05) is 0 Å². The summed E-state index contributed by atoms with van der Waals surface area (Å²) in [5.41, 5.74) is 2.22. The summed E-state index contributed by atoms with van der Waals surface area (Å²) < 4.78 is 15.8. The standard InChI is InChI=1S/C17H20FN3O2/c1-2-7-21-8-6-13(19-21)11-20-10-12-4-3-5-15(18)14(12)9-16(20)17(22)23/h3-6,8,16H,2,7,9-11H2,1H3,(H,22,23). The highest BCUT2D eigenvalue weighted by atomic mass is 19.1. The zero-order valence-electron chi connectivity index (χ0n) is 13.1. The molecule has 0 saturated carbocycles. The molecule has 23 heavy (non-hydrogen) atoms. The molecule has 3 rings (SSSR count). The molecule has 1 aromatic heterocycles. The molecule has 0 spiro atoms. The minimum Gasteiger partial charge on any atom is -0.480 e. The Morgan fingerprint density at radius 2 is 2.26 bits per heavy atom. The average molecular weight is 317 g/mol. The van der Waals surface area contributed by atoms with Crippen molar-refractivity contribution in [1.29, 1.82) is 0 Å². The molecule has 0 radical (unpaired) electrons. The zero-order chi connectivity index (χ0) is 16.4. The number of fused-ring (bicyclic) bond motifs is 1. The van der Waals surface area contributed by atoms with Gasteiger partial charge in [-0.25, -0.2) is 4.39 Å². The van der Waals surface area contributed by atoms with Crippen LogP contribution in [0.25, 0.3) is 0 Å². The molecular weight excluding hydrogens is 297 g/mol. The maximum Gasteiger partial charge on any atom is 0.321 e. The summed E-state index contributed by atoms with van der Waals surface area (Å²) in [6.07, 6.45) is 3.09. The van der Waals surface area contributed by atoms with E-state index in [2.05, 4.69) is 12.0 Å². The van der Waals surface area contributed by atoms with Gasteiger partial charge in [0, 0.05) is 32.3 Å². The second kappa shape index (κ2) is 6.50. The Labute approximate surface area is 134 Å². The number of aryl methyl sites for hydroxylation is 1. The summed E-state index contributed by atoms with van der Waals surface area (Å²) in [5.74, 6) is -1.24. The third kappa shape index (κ3) is 3.27. The summed E-state index contributed by atoms with van der Waals surface area (Å²) in [6, 6.07) is 6.11. The number of carbonyl (C=O) groups is 1. The molecule has 122 valence electrons. The topological polar surface area (TPSA) is 58.4 Å². The van der Waals surface area contributed by atoms with E-state index in [1.807, 2.05) is 27.9 Å². The number of hydrogen-bond acceptors (Lipinski definition) is 3. The zero-order valence-corrected chi connectivity index (χ0v) is 13.1. The van der Waals surface area contributed by atoms with E-state index in [0.29, 0.717) is 18.7 Å². The van der Waals surface area contributed by atoms with Crippen LogP contribution in [0.2, 0.25) is 0 Å². The number of aliphatic carboxylic acids is 1. The molecule has 0 saturated heterocycles. The van der Waals surface area contributed by atoms with E-state index in [-0.39, 0.29) is 12.2 Å². The predicted molar refractivity (Wildman–Crippen MR) is 83.3 cm³/mol. The van der Waals surface area contributed by atoms with Crippen molar-refractivity contribution in [3.63, 3.8) is 0 Å². The highest BCUT2D eigenvalue weighted by Crippen LogP contribution is 2.27. The largest absolute Gasteiger partial charge is 0.480 e. The van der Waals surface area contributed by atoms with Gasteiger partial charge < -0.3 is 5.11 Å². The third-order valence-electron chi connectivity index (χ3n) is 4.23. The molecule has 1 aliphatic rings. The molecular formula is C17H20FN3O2. The van der Waals surface area contributed by atoms with Gasteiger partial charge in [0.25, 0.3) is 0 Å². The van der Waals surface area contributed by atoms with E-state index in [9.17, 15) is 14.3 Å². The number of halogens is 1. The van der Waals surface area contributed by atoms with Gasteiger partial charge in [0.05, 0.1) is 5.69 Å². The number of benzene rings is 1. The van der Waals surface area contributed by atoms with Crippen LogP contribution in [0.4, 0.5) is 4.39 Å². The summed E-state index contributed by atoms with van der Waals surface area (Å²) in [5, 5.41) is 14.0. The fourth-order valence-corrected chi connectivity index (χ4v) is 3.09. The van der Waals surface area contributed by atoms with Gasteiger partial charge in [0.15, 0.2) is 0 Å². The number of carboxylic acids is 1. The van der Waals surface area contributed by atoms with Gasteiger partial charge in [-0.05, 0) is 29.7 Å². The highest BCUT2D eigenvalue weighted by molar-refractivity contribution is 5.74. The Hall–Kier alpha value is -2.21. The van der Waals surface area contributed by atoms with Crippen molar-refractivity contribution in [3.05, 3.63) is 53.1 Å². The fourth-order valence-electron chi connectivity index (χ4n) is 3.09. The minimum atomic E-state index is -0.924. The Morgan fingerprint density at radius 1 is 1.43 bits per heavy atom. The lowest BCUT2D eigenvalue weighted by molar-refractivity contribution is -0.144. The van der Waals surface area contributed by atoms with Crippen LogP contribution in [-0.4, -0.2) is 31.8 Å². The van der Waals surface area contributed by atoms with Gasteiger partial charge in [0.2, 0.25) is 0 Å². The quantitative estimate of drug-likeness (QED) is 0.920. The highest BCUT2D eigenvalue weighted by Gasteiger charge is 2.33. The predicted octanol–water partition coefficient (Wildman–Crippen LogP) is 2.44.